The number of carbonyl (C=O) groups is 2. The molecule has 0 spiro atoms. The van der Waals surface area contributed by atoms with E-state index in [9.17, 15) is 19.7 Å². The number of aromatic carboxylic acids is 2. The van der Waals surface area contributed by atoms with Gasteiger partial charge in [-0.25, -0.2) is 19.6 Å². The van der Waals surface area contributed by atoms with Crippen LogP contribution in [-0.4, -0.2) is 37.0 Å². The second kappa shape index (κ2) is 8.09. The Morgan fingerprint density at radius 3 is 2.00 bits per heavy atom. The standard InChI is InChI=1S/C10H6N2O4.C10H7NO2/c13-10(14)9-7-2-1-3-8(12(15)16)6(7)4-5-11-9;12-10(13)9-8-4-2-1-3-7(8)5-6-11-9/h1-5H,(H,13,14);1-6H,(H,12,13). The van der Waals surface area contributed by atoms with Gasteiger partial charge in [-0.3, -0.25) is 10.1 Å². The van der Waals surface area contributed by atoms with E-state index < -0.39 is 16.9 Å². The summed E-state index contributed by atoms with van der Waals surface area (Å²) < 4.78 is 0. The summed E-state index contributed by atoms with van der Waals surface area (Å²) in [6.45, 7) is 0. The zero-order valence-corrected chi connectivity index (χ0v) is 14.7. The van der Waals surface area contributed by atoms with E-state index in [-0.39, 0.29) is 27.8 Å². The summed E-state index contributed by atoms with van der Waals surface area (Å²) in [7, 11) is 0. The zero-order valence-electron chi connectivity index (χ0n) is 14.7. The molecule has 0 aliphatic carbocycles. The number of carboxylic acid groups (broad SMARTS) is 2. The lowest BCUT2D eigenvalue weighted by Gasteiger charge is -2.01. The number of nitro benzene ring substituents is 1. The number of pyridine rings is 2. The number of aromatic nitrogens is 2. The van der Waals surface area contributed by atoms with Crippen LogP contribution in [0.4, 0.5) is 5.69 Å². The first-order valence-corrected chi connectivity index (χ1v) is 8.22. The van der Waals surface area contributed by atoms with E-state index in [4.69, 9.17) is 10.2 Å². The molecular formula is C20H13N3O6. The number of hydrogen-bond donors (Lipinski definition) is 2. The number of nitrogens with zero attached hydrogens (tertiary/aromatic N) is 3. The van der Waals surface area contributed by atoms with E-state index in [0.29, 0.717) is 5.39 Å². The molecule has 0 aliphatic heterocycles. The lowest BCUT2D eigenvalue weighted by Crippen LogP contribution is -2.01. The van der Waals surface area contributed by atoms with Crippen LogP contribution in [0, 0.1) is 10.1 Å². The third-order valence-electron chi connectivity index (χ3n) is 4.06. The fraction of sp³-hybridized carbons (Fsp3) is 0. The smallest absolute Gasteiger partial charge is 0.355 e. The minimum Gasteiger partial charge on any atom is -0.476 e. The molecule has 2 aromatic heterocycles. The molecular weight excluding hydrogens is 378 g/mol. The van der Waals surface area contributed by atoms with Crippen LogP contribution in [0.5, 0.6) is 0 Å². The van der Waals surface area contributed by atoms with Gasteiger partial charge in [0, 0.05) is 29.2 Å². The van der Waals surface area contributed by atoms with E-state index in [1.165, 1.54) is 36.7 Å². The third-order valence-corrected chi connectivity index (χ3v) is 4.06. The van der Waals surface area contributed by atoms with Crippen molar-refractivity contribution in [3.8, 4) is 0 Å². The highest BCUT2D eigenvalue weighted by atomic mass is 16.6. The molecule has 4 rings (SSSR count). The first-order valence-electron chi connectivity index (χ1n) is 8.22. The lowest BCUT2D eigenvalue weighted by molar-refractivity contribution is -0.383. The molecule has 0 atom stereocenters. The van der Waals surface area contributed by atoms with Gasteiger partial charge in [0.2, 0.25) is 0 Å². The molecule has 2 N–H and O–H groups in total. The van der Waals surface area contributed by atoms with Gasteiger partial charge in [0.1, 0.15) is 0 Å². The molecule has 0 bridgehead atoms. The van der Waals surface area contributed by atoms with Gasteiger partial charge < -0.3 is 10.2 Å². The molecule has 0 saturated carbocycles. The molecule has 9 nitrogen and oxygen atoms in total. The van der Waals surface area contributed by atoms with Crippen LogP contribution in [0.1, 0.15) is 21.0 Å². The highest BCUT2D eigenvalue weighted by molar-refractivity contribution is 6.04. The van der Waals surface area contributed by atoms with Gasteiger partial charge in [-0.2, -0.15) is 0 Å². The number of fused-ring (bicyclic) bond motifs is 2. The molecule has 9 heteroatoms. The van der Waals surface area contributed by atoms with Crippen molar-refractivity contribution in [2.75, 3.05) is 0 Å². The Kier molecular flexibility index (Phi) is 5.40. The molecule has 0 radical (unpaired) electrons. The van der Waals surface area contributed by atoms with E-state index in [0.717, 1.165) is 5.39 Å². The fourth-order valence-electron chi connectivity index (χ4n) is 2.81. The molecule has 144 valence electrons. The fourth-order valence-corrected chi connectivity index (χ4v) is 2.81. The van der Waals surface area contributed by atoms with Crippen molar-refractivity contribution in [2.24, 2.45) is 0 Å². The molecule has 29 heavy (non-hydrogen) atoms. The first kappa shape index (κ1) is 19.4. The Balaban J connectivity index is 0.000000169. The highest BCUT2D eigenvalue weighted by Gasteiger charge is 2.16. The number of rotatable bonds is 3. The lowest BCUT2D eigenvalue weighted by atomic mass is 10.1. The Morgan fingerprint density at radius 1 is 0.759 bits per heavy atom. The van der Waals surface area contributed by atoms with E-state index >= 15 is 0 Å². The largest absolute Gasteiger partial charge is 0.476 e. The summed E-state index contributed by atoms with van der Waals surface area (Å²) >= 11 is 0. The van der Waals surface area contributed by atoms with Crippen LogP contribution in [0.2, 0.25) is 0 Å². The molecule has 0 fully saturated rings. The van der Waals surface area contributed by atoms with Gasteiger partial charge >= 0.3 is 11.9 Å². The highest BCUT2D eigenvalue weighted by Crippen LogP contribution is 2.26. The second-order valence-corrected chi connectivity index (χ2v) is 5.78. The topological polar surface area (TPSA) is 144 Å². The summed E-state index contributed by atoms with van der Waals surface area (Å²) in [5, 5.41) is 30.6. The van der Waals surface area contributed by atoms with Crippen molar-refractivity contribution in [3.05, 3.63) is 88.5 Å². The zero-order chi connectivity index (χ0) is 21.0. The van der Waals surface area contributed by atoms with Crippen LogP contribution < -0.4 is 0 Å². The average molecular weight is 391 g/mol. The molecule has 2 heterocycles. The number of nitro groups is 1. The molecule has 2 aromatic carbocycles. The predicted molar refractivity (Wildman–Crippen MR) is 104 cm³/mol. The van der Waals surface area contributed by atoms with Crippen LogP contribution >= 0.6 is 0 Å². The van der Waals surface area contributed by atoms with Crippen LogP contribution in [0.15, 0.2) is 67.0 Å². The van der Waals surface area contributed by atoms with Crippen LogP contribution in [0.25, 0.3) is 21.5 Å². The molecule has 0 amide bonds. The second-order valence-electron chi connectivity index (χ2n) is 5.78. The monoisotopic (exact) mass is 391 g/mol. The van der Waals surface area contributed by atoms with Crippen molar-refractivity contribution in [2.45, 2.75) is 0 Å². The van der Waals surface area contributed by atoms with Gasteiger partial charge in [0.25, 0.3) is 5.69 Å². The molecule has 0 saturated heterocycles. The van der Waals surface area contributed by atoms with E-state index in [2.05, 4.69) is 9.97 Å². The van der Waals surface area contributed by atoms with Gasteiger partial charge in [-0.1, -0.05) is 36.4 Å². The van der Waals surface area contributed by atoms with Gasteiger partial charge in [0.05, 0.1) is 10.3 Å². The van der Waals surface area contributed by atoms with Crippen LogP contribution in [-0.2, 0) is 0 Å². The predicted octanol–water partition coefficient (Wildman–Crippen LogP) is 3.77. The summed E-state index contributed by atoms with van der Waals surface area (Å²) in [6, 6.07) is 14.8. The van der Waals surface area contributed by atoms with Crippen molar-refractivity contribution in [1.82, 2.24) is 9.97 Å². The van der Waals surface area contributed by atoms with Gasteiger partial charge in [-0.15, -0.1) is 0 Å². The molecule has 0 unspecified atom stereocenters. The number of non-ortho nitro benzene ring substituents is 1. The van der Waals surface area contributed by atoms with E-state index in [1.807, 2.05) is 12.1 Å². The normalized spacial score (nSPS) is 10.2. The maximum Gasteiger partial charge on any atom is 0.355 e. The van der Waals surface area contributed by atoms with Crippen molar-refractivity contribution >= 4 is 39.2 Å². The quantitative estimate of drug-likeness (QED) is 0.397. The minimum absolute atomic E-state index is 0.109. The molecule has 4 aromatic rings. The van der Waals surface area contributed by atoms with Gasteiger partial charge in [-0.05, 0) is 17.5 Å². The Morgan fingerprint density at radius 2 is 1.34 bits per heavy atom. The van der Waals surface area contributed by atoms with Crippen molar-refractivity contribution in [3.63, 3.8) is 0 Å². The van der Waals surface area contributed by atoms with Crippen molar-refractivity contribution < 1.29 is 24.7 Å². The SMILES string of the molecule is O=C(O)c1nccc2c([N+](=O)[O-])cccc12.O=C(O)c1nccc2ccccc12. The Labute approximate surface area is 163 Å². The van der Waals surface area contributed by atoms with Crippen molar-refractivity contribution in [1.29, 1.82) is 0 Å². The van der Waals surface area contributed by atoms with Gasteiger partial charge in [0.15, 0.2) is 11.4 Å². The Hall–Kier alpha value is -4.40. The number of carboxylic acids is 2. The first-order chi connectivity index (χ1) is 13.9. The average Bonchev–Trinajstić information content (AvgIpc) is 2.72. The third kappa shape index (κ3) is 3.98. The minimum atomic E-state index is -1.20. The summed E-state index contributed by atoms with van der Waals surface area (Å²) in [5.74, 6) is -2.19. The summed E-state index contributed by atoms with van der Waals surface area (Å²) in [5.41, 5.74) is -0.193. The number of hydrogen-bond acceptors (Lipinski definition) is 6. The summed E-state index contributed by atoms with van der Waals surface area (Å²) in [4.78, 5) is 39.3. The maximum absolute atomic E-state index is 10.9. The van der Waals surface area contributed by atoms with E-state index in [1.54, 1.807) is 18.2 Å². The van der Waals surface area contributed by atoms with Crippen LogP contribution in [0.3, 0.4) is 0 Å². The maximum atomic E-state index is 10.9. The number of benzene rings is 2. The Bertz CT molecular complexity index is 1200. The summed E-state index contributed by atoms with van der Waals surface area (Å²) in [6.07, 6.45) is 2.75. The molecule has 0 aliphatic rings.